The lowest BCUT2D eigenvalue weighted by Gasteiger charge is -2.27. The predicted molar refractivity (Wildman–Crippen MR) is 107 cm³/mol. The second-order valence-corrected chi connectivity index (χ2v) is 6.92. The van der Waals surface area contributed by atoms with Gasteiger partial charge in [0.05, 0.1) is 36.7 Å². The summed E-state index contributed by atoms with van der Waals surface area (Å²) in [7, 11) is 0. The van der Waals surface area contributed by atoms with Crippen molar-refractivity contribution in [2.45, 2.75) is 12.8 Å². The third-order valence-electron chi connectivity index (χ3n) is 4.07. The Labute approximate surface area is 168 Å². The first-order valence-electron chi connectivity index (χ1n) is 8.78. The molecule has 1 aromatic carbocycles. The number of aromatic nitrogens is 1. The number of amides is 1. The highest BCUT2D eigenvalue weighted by molar-refractivity contribution is 6.35. The Hall–Kier alpha value is -2.02. The van der Waals surface area contributed by atoms with Gasteiger partial charge in [-0.15, -0.1) is 0 Å². The maximum Gasteiger partial charge on any atom is 0.224 e. The van der Waals surface area contributed by atoms with Gasteiger partial charge in [0.1, 0.15) is 11.6 Å². The summed E-state index contributed by atoms with van der Waals surface area (Å²) in [5, 5.41) is 3.86. The maximum absolute atomic E-state index is 12.1. The molecule has 0 bridgehead atoms. The van der Waals surface area contributed by atoms with Crippen LogP contribution in [0.5, 0.6) is 5.75 Å². The molecule has 1 aliphatic rings. The minimum absolute atomic E-state index is 0.0817. The van der Waals surface area contributed by atoms with Gasteiger partial charge in [0.2, 0.25) is 5.91 Å². The Morgan fingerprint density at radius 1 is 1.22 bits per heavy atom. The van der Waals surface area contributed by atoms with E-state index < -0.39 is 0 Å². The largest absolute Gasteiger partial charge is 0.492 e. The van der Waals surface area contributed by atoms with Gasteiger partial charge in [-0.3, -0.25) is 4.79 Å². The van der Waals surface area contributed by atoms with Crippen molar-refractivity contribution in [2.24, 2.45) is 0 Å². The fraction of sp³-hybridized carbons (Fsp3) is 0.368. The van der Waals surface area contributed by atoms with E-state index in [1.165, 1.54) is 0 Å². The van der Waals surface area contributed by atoms with Gasteiger partial charge in [0.15, 0.2) is 0 Å². The highest BCUT2D eigenvalue weighted by Crippen LogP contribution is 2.27. The second-order valence-electron chi connectivity index (χ2n) is 6.08. The van der Waals surface area contributed by atoms with Gasteiger partial charge >= 0.3 is 0 Å². The van der Waals surface area contributed by atoms with E-state index in [4.69, 9.17) is 32.7 Å². The van der Waals surface area contributed by atoms with E-state index in [1.54, 1.807) is 24.4 Å². The average molecular weight is 410 g/mol. The fourth-order valence-corrected chi connectivity index (χ4v) is 3.13. The predicted octanol–water partition coefficient (Wildman–Crippen LogP) is 4.02. The first kappa shape index (κ1) is 19.7. The molecule has 1 N–H and O–H groups in total. The second kappa shape index (κ2) is 9.78. The Morgan fingerprint density at radius 2 is 2.04 bits per heavy atom. The minimum Gasteiger partial charge on any atom is -0.492 e. The number of nitrogens with one attached hydrogen (secondary N) is 1. The van der Waals surface area contributed by atoms with Crippen molar-refractivity contribution in [1.29, 1.82) is 0 Å². The molecular formula is C19H21Cl2N3O3. The molecule has 0 unspecified atom stereocenters. The molecule has 2 heterocycles. The number of carbonyl (C=O) groups excluding carboxylic acids is 1. The van der Waals surface area contributed by atoms with Crippen LogP contribution in [0.15, 0.2) is 36.5 Å². The number of pyridine rings is 1. The number of halogens is 2. The van der Waals surface area contributed by atoms with Gasteiger partial charge in [0, 0.05) is 24.5 Å². The van der Waals surface area contributed by atoms with Crippen molar-refractivity contribution in [2.75, 3.05) is 43.1 Å². The van der Waals surface area contributed by atoms with Crippen LogP contribution in [-0.2, 0) is 9.53 Å². The standard InChI is InChI=1S/C19H21Cl2N3O3/c20-14-3-5-17(16(21)12-14)27-9-1-2-19(25)23-15-4-6-18(22-13-15)24-7-10-26-11-8-24/h3-6,12-13H,1-2,7-11H2,(H,23,25). The molecule has 1 aliphatic heterocycles. The molecule has 27 heavy (non-hydrogen) atoms. The van der Waals surface area contributed by atoms with Crippen LogP contribution in [0.3, 0.4) is 0 Å². The number of morpholine rings is 1. The summed E-state index contributed by atoms with van der Waals surface area (Å²) in [4.78, 5) is 18.6. The van der Waals surface area contributed by atoms with Gasteiger partial charge in [-0.1, -0.05) is 23.2 Å². The topological polar surface area (TPSA) is 63.7 Å². The highest BCUT2D eigenvalue weighted by atomic mass is 35.5. The van der Waals surface area contributed by atoms with E-state index in [1.807, 2.05) is 12.1 Å². The SMILES string of the molecule is O=C(CCCOc1ccc(Cl)cc1Cl)Nc1ccc(N2CCOCC2)nc1. The van der Waals surface area contributed by atoms with Gasteiger partial charge < -0.3 is 19.7 Å². The molecule has 0 spiro atoms. The number of carbonyl (C=O) groups is 1. The van der Waals surface area contributed by atoms with Crippen molar-refractivity contribution < 1.29 is 14.3 Å². The highest BCUT2D eigenvalue weighted by Gasteiger charge is 2.12. The number of benzene rings is 1. The first-order chi connectivity index (χ1) is 13.1. The number of ether oxygens (including phenoxy) is 2. The van der Waals surface area contributed by atoms with Crippen LogP contribution in [0.1, 0.15) is 12.8 Å². The molecule has 6 nitrogen and oxygen atoms in total. The number of rotatable bonds is 7. The Balaban J connectivity index is 1.40. The van der Waals surface area contributed by atoms with Crippen molar-refractivity contribution in [3.63, 3.8) is 0 Å². The molecule has 1 aromatic heterocycles. The molecule has 0 atom stereocenters. The molecule has 2 aromatic rings. The minimum atomic E-state index is -0.0817. The van der Waals surface area contributed by atoms with Crippen LogP contribution in [0.4, 0.5) is 11.5 Å². The van der Waals surface area contributed by atoms with Crippen molar-refractivity contribution in [3.05, 3.63) is 46.6 Å². The van der Waals surface area contributed by atoms with E-state index in [0.29, 0.717) is 54.1 Å². The van der Waals surface area contributed by atoms with E-state index in [0.717, 1.165) is 18.9 Å². The first-order valence-corrected chi connectivity index (χ1v) is 9.54. The van der Waals surface area contributed by atoms with Crippen LogP contribution >= 0.6 is 23.2 Å². The lowest BCUT2D eigenvalue weighted by molar-refractivity contribution is -0.116. The summed E-state index contributed by atoms with van der Waals surface area (Å²) in [5.74, 6) is 1.37. The molecule has 0 radical (unpaired) electrons. The fourth-order valence-electron chi connectivity index (χ4n) is 2.67. The van der Waals surface area contributed by atoms with E-state index >= 15 is 0 Å². The van der Waals surface area contributed by atoms with Gasteiger partial charge in [0.25, 0.3) is 0 Å². The van der Waals surface area contributed by atoms with Crippen LogP contribution in [0.25, 0.3) is 0 Å². The number of nitrogens with zero attached hydrogens (tertiary/aromatic N) is 2. The molecule has 1 fully saturated rings. The van der Waals surface area contributed by atoms with Gasteiger partial charge in [-0.25, -0.2) is 4.98 Å². The smallest absolute Gasteiger partial charge is 0.224 e. The van der Waals surface area contributed by atoms with Gasteiger partial charge in [-0.2, -0.15) is 0 Å². The molecule has 144 valence electrons. The summed E-state index contributed by atoms with van der Waals surface area (Å²) in [6, 6.07) is 8.82. The molecular weight excluding hydrogens is 389 g/mol. The normalized spacial score (nSPS) is 14.1. The molecule has 0 aliphatic carbocycles. The van der Waals surface area contributed by atoms with Crippen molar-refractivity contribution in [3.8, 4) is 5.75 Å². The van der Waals surface area contributed by atoms with E-state index in [2.05, 4.69) is 15.2 Å². The average Bonchev–Trinajstić information content (AvgIpc) is 2.68. The zero-order valence-corrected chi connectivity index (χ0v) is 16.3. The number of hydrogen-bond donors (Lipinski definition) is 1. The lowest BCUT2D eigenvalue weighted by atomic mass is 10.3. The monoisotopic (exact) mass is 409 g/mol. The summed E-state index contributed by atoms with van der Waals surface area (Å²) >= 11 is 11.9. The van der Waals surface area contributed by atoms with E-state index in [9.17, 15) is 4.79 Å². The van der Waals surface area contributed by atoms with Crippen LogP contribution in [0, 0.1) is 0 Å². The lowest BCUT2D eigenvalue weighted by Crippen LogP contribution is -2.36. The number of anilines is 2. The quantitative estimate of drug-likeness (QED) is 0.699. The zero-order valence-electron chi connectivity index (χ0n) is 14.8. The summed E-state index contributed by atoms with van der Waals surface area (Å²) < 4.78 is 10.9. The molecule has 0 saturated carbocycles. The third kappa shape index (κ3) is 5.99. The van der Waals surface area contributed by atoms with Crippen molar-refractivity contribution >= 4 is 40.6 Å². The molecule has 8 heteroatoms. The van der Waals surface area contributed by atoms with Crippen LogP contribution in [-0.4, -0.2) is 43.8 Å². The van der Waals surface area contributed by atoms with Crippen LogP contribution in [0.2, 0.25) is 10.0 Å². The Kier molecular flexibility index (Phi) is 7.15. The summed E-state index contributed by atoms with van der Waals surface area (Å²) in [6.45, 7) is 3.47. The Morgan fingerprint density at radius 3 is 2.74 bits per heavy atom. The Bertz CT molecular complexity index is 765. The molecule has 1 saturated heterocycles. The zero-order chi connectivity index (χ0) is 19.1. The maximum atomic E-state index is 12.1. The third-order valence-corrected chi connectivity index (χ3v) is 4.60. The summed E-state index contributed by atoms with van der Waals surface area (Å²) in [5.41, 5.74) is 0.679. The molecule has 1 amide bonds. The van der Waals surface area contributed by atoms with Gasteiger partial charge in [-0.05, 0) is 36.8 Å². The van der Waals surface area contributed by atoms with E-state index in [-0.39, 0.29) is 5.91 Å². The number of hydrogen-bond acceptors (Lipinski definition) is 5. The summed E-state index contributed by atoms with van der Waals surface area (Å²) in [6.07, 6.45) is 2.59. The van der Waals surface area contributed by atoms with Crippen LogP contribution < -0.4 is 15.0 Å². The molecule has 3 rings (SSSR count). The van der Waals surface area contributed by atoms with Crippen molar-refractivity contribution in [1.82, 2.24) is 4.98 Å².